The van der Waals surface area contributed by atoms with Gasteiger partial charge >= 0.3 is 0 Å². The molecule has 0 unspecified atom stereocenters. The average molecular weight is 238 g/mol. The molecule has 1 saturated heterocycles. The van der Waals surface area contributed by atoms with Crippen LogP contribution >= 0.6 is 0 Å². The van der Waals surface area contributed by atoms with Crippen molar-refractivity contribution >= 4 is 0 Å². The molecule has 0 atom stereocenters. The van der Waals surface area contributed by atoms with Gasteiger partial charge in [-0.1, -0.05) is 0 Å². The second kappa shape index (κ2) is 6.74. The molecule has 2 rings (SSSR count). The first-order valence-electron chi connectivity index (χ1n) is 6.34. The van der Waals surface area contributed by atoms with E-state index in [1.165, 1.54) is 18.7 Å². The predicted octanol–water partition coefficient (Wildman–Crippen LogP) is 0.232. The lowest BCUT2D eigenvalue weighted by molar-refractivity contribution is 0.0374. The molecule has 0 aromatic carbocycles. The highest BCUT2D eigenvalue weighted by Gasteiger charge is 2.08. The van der Waals surface area contributed by atoms with E-state index < -0.39 is 0 Å². The minimum Gasteiger partial charge on any atom is -0.379 e. The molecule has 2 heterocycles. The van der Waals surface area contributed by atoms with Crippen LogP contribution in [-0.2, 0) is 18.3 Å². The summed E-state index contributed by atoms with van der Waals surface area (Å²) in [5, 5.41) is 7.59. The normalized spacial score (nSPS) is 17.5. The van der Waals surface area contributed by atoms with Crippen molar-refractivity contribution in [2.45, 2.75) is 13.0 Å². The number of hydrogen-bond acceptors (Lipinski definition) is 4. The fourth-order valence-electron chi connectivity index (χ4n) is 2.04. The van der Waals surface area contributed by atoms with E-state index >= 15 is 0 Å². The summed E-state index contributed by atoms with van der Waals surface area (Å²) in [6.45, 7) is 7.08. The van der Waals surface area contributed by atoms with Crippen LogP contribution in [0.1, 0.15) is 12.1 Å². The molecule has 0 amide bonds. The molecule has 0 radical (unpaired) electrons. The summed E-state index contributed by atoms with van der Waals surface area (Å²) in [6.07, 6.45) is 3.03. The molecular weight excluding hydrogens is 216 g/mol. The number of ether oxygens (including phenoxy) is 1. The molecule has 96 valence electrons. The summed E-state index contributed by atoms with van der Waals surface area (Å²) in [4.78, 5) is 2.47. The maximum Gasteiger partial charge on any atom is 0.0594 e. The fourth-order valence-corrected chi connectivity index (χ4v) is 2.04. The van der Waals surface area contributed by atoms with Gasteiger partial charge in [0.15, 0.2) is 0 Å². The van der Waals surface area contributed by atoms with E-state index in [1.807, 2.05) is 17.9 Å². The highest BCUT2D eigenvalue weighted by atomic mass is 16.5. The van der Waals surface area contributed by atoms with Gasteiger partial charge in [0.25, 0.3) is 0 Å². The molecule has 1 aromatic heterocycles. The number of rotatable bonds is 6. The van der Waals surface area contributed by atoms with Crippen LogP contribution in [0.4, 0.5) is 0 Å². The zero-order valence-electron chi connectivity index (χ0n) is 10.6. The number of nitrogens with zero attached hydrogens (tertiary/aromatic N) is 3. The highest BCUT2D eigenvalue weighted by Crippen LogP contribution is 1.98. The Labute approximate surface area is 103 Å². The van der Waals surface area contributed by atoms with Gasteiger partial charge in [-0.05, 0) is 25.6 Å². The Morgan fingerprint density at radius 2 is 2.24 bits per heavy atom. The number of hydrogen-bond donors (Lipinski definition) is 1. The van der Waals surface area contributed by atoms with Crippen molar-refractivity contribution in [1.82, 2.24) is 20.0 Å². The van der Waals surface area contributed by atoms with Gasteiger partial charge in [0.2, 0.25) is 0 Å². The fraction of sp³-hybridized carbons (Fsp3) is 0.750. The number of nitrogens with one attached hydrogen (secondary N) is 1. The van der Waals surface area contributed by atoms with Crippen LogP contribution in [0.15, 0.2) is 12.3 Å². The van der Waals surface area contributed by atoms with E-state index in [4.69, 9.17) is 4.74 Å². The Morgan fingerprint density at radius 1 is 1.41 bits per heavy atom. The summed E-state index contributed by atoms with van der Waals surface area (Å²) in [7, 11) is 1.98. The van der Waals surface area contributed by atoms with Crippen LogP contribution in [0.2, 0.25) is 0 Å². The highest BCUT2D eigenvalue weighted by molar-refractivity contribution is 4.98. The van der Waals surface area contributed by atoms with Gasteiger partial charge in [-0.25, -0.2) is 0 Å². The molecule has 17 heavy (non-hydrogen) atoms. The van der Waals surface area contributed by atoms with Crippen molar-refractivity contribution in [3.8, 4) is 0 Å². The summed E-state index contributed by atoms with van der Waals surface area (Å²) < 4.78 is 7.23. The minimum absolute atomic E-state index is 0.891. The van der Waals surface area contributed by atoms with E-state index in [2.05, 4.69) is 21.4 Å². The summed E-state index contributed by atoms with van der Waals surface area (Å²) in [6, 6.07) is 2.05. The Bertz CT molecular complexity index is 320. The molecule has 1 fully saturated rings. The molecule has 1 aliphatic heterocycles. The summed E-state index contributed by atoms with van der Waals surface area (Å²) >= 11 is 0. The molecule has 1 N–H and O–H groups in total. The predicted molar refractivity (Wildman–Crippen MR) is 66.8 cm³/mol. The molecular formula is C12H22N4O. The third-order valence-corrected chi connectivity index (χ3v) is 3.16. The van der Waals surface area contributed by atoms with Crippen LogP contribution < -0.4 is 5.32 Å². The first-order chi connectivity index (χ1) is 8.36. The average Bonchev–Trinajstić information content (AvgIpc) is 2.76. The topological polar surface area (TPSA) is 42.3 Å². The van der Waals surface area contributed by atoms with Gasteiger partial charge in [-0.3, -0.25) is 9.58 Å². The van der Waals surface area contributed by atoms with E-state index in [1.54, 1.807) is 0 Å². The first kappa shape index (κ1) is 12.5. The first-order valence-corrected chi connectivity index (χ1v) is 6.34. The van der Waals surface area contributed by atoms with E-state index in [-0.39, 0.29) is 0 Å². The lowest BCUT2D eigenvalue weighted by Gasteiger charge is -2.26. The third-order valence-electron chi connectivity index (χ3n) is 3.16. The molecule has 1 aliphatic rings. The lowest BCUT2D eigenvalue weighted by Crippen LogP contribution is -2.37. The summed E-state index contributed by atoms with van der Waals surface area (Å²) in [5.41, 5.74) is 1.23. The van der Waals surface area contributed by atoms with Gasteiger partial charge < -0.3 is 10.1 Å². The SMILES string of the molecule is Cn1nccc1CNCCCN1CCOCC1. The third kappa shape index (κ3) is 4.11. The number of aryl methyl sites for hydroxylation is 1. The monoisotopic (exact) mass is 238 g/mol. The van der Waals surface area contributed by atoms with Crippen LogP contribution in [-0.4, -0.2) is 54.1 Å². The van der Waals surface area contributed by atoms with Crippen molar-refractivity contribution in [2.75, 3.05) is 39.4 Å². The minimum atomic E-state index is 0.891. The molecule has 0 saturated carbocycles. The van der Waals surface area contributed by atoms with Gasteiger partial charge in [0, 0.05) is 32.9 Å². The second-order valence-electron chi connectivity index (χ2n) is 4.43. The van der Waals surface area contributed by atoms with Crippen LogP contribution in [0.3, 0.4) is 0 Å². The van der Waals surface area contributed by atoms with E-state index in [9.17, 15) is 0 Å². The van der Waals surface area contributed by atoms with Crippen LogP contribution in [0.5, 0.6) is 0 Å². The maximum absolute atomic E-state index is 5.32. The van der Waals surface area contributed by atoms with Crippen LogP contribution in [0.25, 0.3) is 0 Å². The smallest absolute Gasteiger partial charge is 0.0594 e. The Kier molecular flexibility index (Phi) is 4.97. The quantitative estimate of drug-likeness (QED) is 0.721. The Balaban J connectivity index is 1.53. The molecule has 0 bridgehead atoms. The molecule has 0 spiro atoms. The van der Waals surface area contributed by atoms with Crippen LogP contribution in [0, 0.1) is 0 Å². The maximum atomic E-state index is 5.32. The Hall–Kier alpha value is -0.910. The van der Waals surface area contributed by atoms with Gasteiger partial charge in [0.05, 0.1) is 18.9 Å². The molecule has 5 heteroatoms. The van der Waals surface area contributed by atoms with Crippen molar-refractivity contribution in [3.05, 3.63) is 18.0 Å². The van der Waals surface area contributed by atoms with Gasteiger partial charge in [0.1, 0.15) is 0 Å². The van der Waals surface area contributed by atoms with Crippen molar-refractivity contribution in [3.63, 3.8) is 0 Å². The second-order valence-corrected chi connectivity index (χ2v) is 4.43. The molecule has 1 aromatic rings. The zero-order valence-corrected chi connectivity index (χ0v) is 10.6. The largest absolute Gasteiger partial charge is 0.379 e. The molecule has 0 aliphatic carbocycles. The summed E-state index contributed by atoms with van der Waals surface area (Å²) in [5.74, 6) is 0. The van der Waals surface area contributed by atoms with E-state index in [0.29, 0.717) is 0 Å². The Morgan fingerprint density at radius 3 is 2.94 bits per heavy atom. The van der Waals surface area contributed by atoms with Crippen molar-refractivity contribution in [2.24, 2.45) is 7.05 Å². The standard InChI is InChI=1S/C12H22N4O/c1-15-12(3-5-14-15)11-13-4-2-6-16-7-9-17-10-8-16/h3,5,13H,2,4,6-11H2,1H3. The zero-order chi connectivity index (χ0) is 11.9. The number of morpholine rings is 1. The van der Waals surface area contributed by atoms with Crippen molar-refractivity contribution < 1.29 is 4.74 Å². The molecule has 5 nitrogen and oxygen atoms in total. The van der Waals surface area contributed by atoms with Gasteiger partial charge in [-0.2, -0.15) is 5.10 Å². The lowest BCUT2D eigenvalue weighted by atomic mass is 10.3. The van der Waals surface area contributed by atoms with E-state index in [0.717, 1.165) is 39.4 Å². The number of aromatic nitrogens is 2. The van der Waals surface area contributed by atoms with Gasteiger partial charge in [-0.15, -0.1) is 0 Å². The van der Waals surface area contributed by atoms with Crippen molar-refractivity contribution in [1.29, 1.82) is 0 Å².